The van der Waals surface area contributed by atoms with Gasteiger partial charge in [-0.05, 0) is 34.8 Å². The molecule has 0 radical (unpaired) electrons. The number of pyridine rings is 1. The lowest BCUT2D eigenvalue weighted by atomic mass is 10.2. The predicted molar refractivity (Wildman–Crippen MR) is 74.7 cm³/mol. The van der Waals surface area contributed by atoms with Crippen LogP contribution in [0.15, 0.2) is 16.7 Å². The first kappa shape index (κ1) is 15.6. The van der Waals surface area contributed by atoms with Gasteiger partial charge in [-0.3, -0.25) is 0 Å². The summed E-state index contributed by atoms with van der Waals surface area (Å²) in [6.45, 7) is 0.434. The molecule has 8 heteroatoms. The molecule has 0 aromatic carbocycles. The van der Waals surface area contributed by atoms with E-state index in [2.05, 4.69) is 25.9 Å². The first-order valence-corrected chi connectivity index (χ1v) is 7.37. The fraction of sp³-hybridized carbons (Fsp3) is 0.500. The van der Waals surface area contributed by atoms with E-state index in [-0.39, 0.29) is 12.3 Å². The molecule has 0 saturated carbocycles. The van der Waals surface area contributed by atoms with Gasteiger partial charge in [-0.15, -0.1) is 11.6 Å². The van der Waals surface area contributed by atoms with Gasteiger partial charge in [0.2, 0.25) is 0 Å². The van der Waals surface area contributed by atoms with Crippen molar-refractivity contribution < 1.29 is 13.2 Å². The second kappa shape index (κ2) is 6.30. The Morgan fingerprint density at radius 3 is 2.70 bits per heavy atom. The van der Waals surface area contributed by atoms with Crippen molar-refractivity contribution in [2.75, 3.05) is 0 Å². The maximum atomic E-state index is 12.1. The average molecular weight is 371 g/mol. The molecule has 0 aliphatic rings. The van der Waals surface area contributed by atoms with Gasteiger partial charge in [-0.1, -0.05) is 0 Å². The smallest absolute Gasteiger partial charge is 0.312 e. The number of hydrogen-bond donors (Lipinski definition) is 0. The summed E-state index contributed by atoms with van der Waals surface area (Å²) in [5, 5.41) is 0. The predicted octanol–water partition coefficient (Wildman–Crippen LogP) is 4.67. The van der Waals surface area contributed by atoms with Crippen LogP contribution in [-0.4, -0.2) is 20.7 Å². The maximum absolute atomic E-state index is 12.1. The molecule has 0 aliphatic carbocycles. The van der Waals surface area contributed by atoms with E-state index < -0.39 is 12.6 Å². The Morgan fingerprint density at radius 1 is 1.30 bits per heavy atom. The van der Waals surface area contributed by atoms with E-state index in [0.29, 0.717) is 30.0 Å². The molecule has 2 aromatic rings. The van der Waals surface area contributed by atoms with E-state index in [1.165, 1.54) is 0 Å². The highest BCUT2D eigenvalue weighted by molar-refractivity contribution is 9.10. The second-order valence-corrected chi connectivity index (χ2v) is 5.56. The van der Waals surface area contributed by atoms with Crippen LogP contribution in [0, 0.1) is 0 Å². The highest BCUT2D eigenvalue weighted by Gasteiger charge is 2.26. The van der Waals surface area contributed by atoms with Gasteiger partial charge in [0.1, 0.15) is 11.3 Å². The van der Waals surface area contributed by atoms with E-state index in [1.807, 2.05) is 6.07 Å². The molecule has 0 bridgehead atoms. The van der Waals surface area contributed by atoms with Crippen LogP contribution in [0.4, 0.5) is 13.2 Å². The fourth-order valence-corrected chi connectivity index (χ4v) is 2.49. The lowest BCUT2D eigenvalue weighted by Crippen LogP contribution is -2.08. The number of alkyl halides is 4. The van der Waals surface area contributed by atoms with Crippen LogP contribution >= 0.6 is 27.5 Å². The highest BCUT2D eigenvalue weighted by atomic mass is 79.9. The SMILES string of the molecule is FC(F)(F)CCCCn1c(CCl)nc2cc(Br)cnc21. The van der Waals surface area contributed by atoms with E-state index in [0.717, 1.165) is 4.47 Å². The van der Waals surface area contributed by atoms with Crippen LogP contribution in [0.5, 0.6) is 0 Å². The van der Waals surface area contributed by atoms with Crippen molar-refractivity contribution in [1.82, 2.24) is 14.5 Å². The number of halogens is 5. The number of nitrogens with zero attached hydrogens (tertiary/aromatic N) is 3. The third kappa shape index (κ3) is 3.85. The van der Waals surface area contributed by atoms with Gasteiger partial charge in [0.05, 0.1) is 5.88 Å². The normalized spacial score (nSPS) is 12.2. The molecule has 2 heterocycles. The number of hydrogen-bond acceptors (Lipinski definition) is 2. The summed E-state index contributed by atoms with van der Waals surface area (Å²) >= 11 is 9.13. The van der Waals surface area contributed by atoms with Crippen LogP contribution in [0.3, 0.4) is 0 Å². The van der Waals surface area contributed by atoms with Crippen molar-refractivity contribution in [1.29, 1.82) is 0 Å². The third-order valence-corrected chi connectivity index (χ3v) is 3.51. The van der Waals surface area contributed by atoms with Crippen LogP contribution in [0.1, 0.15) is 25.1 Å². The number of aryl methyl sites for hydroxylation is 1. The molecule has 0 aliphatic heterocycles. The lowest BCUT2D eigenvalue weighted by Gasteiger charge is -2.08. The maximum Gasteiger partial charge on any atom is 0.389 e. The van der Waals surface area contributed by atoms with Crippen LogP contribution in [0.2, 0.25) is 0 Å². The molecule has 3 nitrogen and oxygen atoms in total. The van der Waals surface area contributed by atoms with Crippen molar-refractivity contribution >= 4 is 38.7 Å². The topological polar surface area (TPSA) is 30.7 Å². The van der Waals surface area contributed by atoms with Gasteiger partial charge in [0.15, 0.2) is 5.65 Å². The summed E-state index contributed by atoms with van der Waals surface area (Å²) in [6, 6.07) is 1.81. The van der Waals surface area contributed by atoms with Crippen molar-refractivity contribution in [2.24, 2.45) is 0 Å². The van der Waals surface area contributed by atoms with E-state index in [4.69, 9.17) is 11.6 Å². The van der Waals surface area contributed by atoms with Crippen LogP contribution < -0.4 is 0 Å². The van der Waals surface area contributed by atoms with Gasteiger partial charge >= 0.3 is 6.18 Å². The molecule has 0 unspecified atom stereocenters. The average Bonchev–Trinajstić information content (AvgIpc) is 2.70. The summed E-state index contributed by atoms with van der Waals surface area (Å²) in [5.74, 6) is 0.826. The fourth-order valence-electron chi connectivity index (χ4n) is 1.97. The Bertz CT molecular complexity index is 597. The molecule has 0 spiro atoms. The zero-order valence-electron chi connectivity index (χ0n) is 10.4. The highest BCUT2D eigenvalue weighted by Crippen LogP contribution is 2.24. The number of imidazole rings is 1. The van der Waals surface area contributed by atoms with Gasteiger partial charge in [0, 0.05) is 23.6 Å². The Hall–Kier alpha value is -0.820. The third-order valence-electron chi connectivity index (χ3n) is 2.84. The molecular weight excluding hydrogens is 359 g/mol. The minimum absolute atomic E-state index is 0.0847. The Kier molecular flexibility index (Phi) is 4.90. The summed E-state index contributed by atoms with van der Waals surface area (Å²) in [5.41, 5.74) is 1.33. The van der Waals surface area contributed by atoms with Gasteiger partial charge in [-0.2, -0.15) is 13.2 Å². The van der Waals surface area contributed by atoms with Crippen molar-refractivity contribution in [3.8, 4) is 0 Å². The minimum Gasteiger partial charge on any atom is -0.312 e. The molecule has 0 fully saturated rings. The molecule has 110 valence electrons. The lowest BCUT2D eigenvalue weighted by molar-refractivity contribution is -0.135. The summed E-state index contributed by atoms with van der Waals surface area (Å²) in [7, 11) is 0. The molecule has 0 amide bonds. The Balaban J connectivity index is 2.12. The molecule has 2 aromatic heterocycles. The first-order valence-electron chi connectivity index (χ1n) is 6.04. The monoisotopic (exact) mass is 369 g/mol. The van der Waals surface area contributed by atoms with Gasteiger partial charge in [-0.25, -0.2) is 9.97 Å². The van der Waals surface area contributed by atoms with Crippen LogP contribution in [0.25, 0.3) is 11.2 Å². The Morgan fingerprint density at radius 2 is 2.05 bits per heavy atom. The first-order chi connectivity index (χ1) is 9.40. The van der Waals surface area contributed by atoms with Gasteiger partial charge < -0.3 is 4.57 Å². The largest absolute Gasteiger partial charge is 0.389 e. The standard InChI is InChI=1S/C12H12BrClF3N3/c13-8-5-9-11(18-7-8)20(10(6-14)19-9)4-2-1-3-12(15,16)17/h5,7H,1-4,6H2. The quantitative estimate of drug-likeness (QED) is 0.566. The number of fused-ring (bicyclic) bond motifs is 1. The number of rotatable bonds is 5. The number of aromatic nitrogens is 3. The number of unbranched alkanes of at least 4 members (excludes halogenated alkanes) is 1. The minimum atomic E-state index is -4.10. The molecular formula is C12H12BrClF3N3. The van der Waals surface area contributed by atoms with E-state index in [9.17, 15) is 13.2 Å². The summed E-state index contributed by atoms with van der Waals surface area (Å²) in [6.07, 6.45) is -2.74. The molecule has 2 rings (SSSR count). The van der Waals surface area contributed by atoms with Crippen molar-refractivity contribution in [3.63, 3.8) is 0 Å². The molecule has 0 atom stereocenters. The summed E-state index contributed by atoms with van der Waals surface area (Å²) < 4.78 is 38.9. The van der Waals surface area contributed by atoms with Crippen LogP contribution in [-0.2, 0) is 12.4 Å². The molecule has 0 saturated heterocycles. The second-order valence-electron chi connectivity index (χ2n) is 4.38. The zero-order valence-corrected chi connectivity index (χ0v) is 12.8. The zero-order chi connectivity index (χ0) is 14.8. The molecule has 0 N–H and O–H groups in total. The van der Waals surface area contributed by atoms with Crippen molar-refractivity contribution in [3.05, 3.63) is 22.6 Å². The summed E-state index contributed by atoms with van der Waals surface area (Å²) in [4.78, 5) is 8.59. The van der Waals surface area contributed by atoms with E-state index >= 15 is 0 Å². The molecule has 20 heavy (non-hydrogen) atoms. The van der Waals surface area contributed by atoms with E-state index in [1.54, 1.807) is 10.8 Å². The van der Waals surface area contributed by atoms with Crippen molar-refractivity contribution in [2.45, 2.75) is 37.9 Å². The Labute approximate surface area is 127 Å². The van der Waals surface area contributed by atoms with Gasteiger partial charge in [0.25, 0.3) is 0 Å².